The molecule has 2 aromatic rings. The molecule has 0 atom stereocenters. The standard InChI is InChI=1S/C15H18ClN3/c1-10-5-6-14(11(2)7-10)19(4)15-13(8-16)9-17-12(3)18-15/h5-7,9H,8H2,1-4H3. The zero-order valence-corrected chi connectivity index (χ0v) is 12.5. The van der Waals surface area contributed by atoms with E-state index in [-0.39, 0.29) is 0 Å². The predicted molar refractivity (Wildman–Crippen MR) is 80.3 cm³/mol. The summed E-state index contributed by atoms with van der Waals surface area (Å²) in [5.41, 5.74) is 4.55. The van der Waals surface area contributed by atoms with Crippen LogP contribution in [0, 0.1) is 20.8 Å². The molecule has 0 aliphatic rings. The average molecular weight is 276 g/mol. The second-order valence-corrected chi connectivity index (χ2v) is 5.02. The van der Waals surface area contributed by atoms with Crippen molar-refractivity contribution in [3.8, 4) is 0 Å². The van der Waals surface area contributed by atoms with Crippen LogP contribution in [0.15, 0.2) is 24.4 Å². The van der Waals surface area contributed by atoms with E-state index < -0.39 is 0 Å². The lowest BCUT2D eigenvalue weighted by Gasteiger charge is -2.23. The molecular weight excluding hydrogens is 258 g/mol. The van der Waals surface area contributed by atoms with Gasteiger partial charge in [0.1, 0.15) is 11.6 Å². The van der Waals surface area contributed by atoms with Crippen LogP contribution in [0.5, 0.6) is 0 Å². The van der Waals surface area contributed by atoms with Gasteiger partial charge in [-0.05, 0) is 32.4 Å². The summed E-state index contributed by atoms with van der Waals surface area (Å²) in [5.74, 6) is 2.03. The molecule has 0 aliphatic carbocycles. The molecule has 19 heavy (non-hydrogen) atoms. The number of alkyl halides is 1. The number of nitrogens with zero attached hydrogens (tertiary/aromatic N) is 3. The van der Waals surface area contributed by atoms with E-state index in [1.165, 1.54) is 11.1 Å². The number of aryl methyl sites for hydroxylation is 3. The number of benzene rings is 1. The van der Waals surface area contributed by atoms with Gasteiger partial charge in [-0.2, -0.15) is 0 Å². The number of hydrogen-bond donors (Lipinski definition) is 0. The quantitative estimate of drug-likeness (QED) is 0.796. The first-order valence-electron chi connectivity index (χ1n) is 6.22. The van der Waals surface area contributed by atoms with Crippen molar-refractivity contribution in [3.63, 3.8) is 0 Å². The fraction of sp³-hybridized carbons (Fsp3) is 0.333. The van der Waals surface area contributed by atoms with Crippen molar-refractivity contribution >= 4 is 23.1 Å². The molecule has 0 saturated heterocycles. The van der Waals surface area contributed by atoms with E-state index in [0.29, 0.717) is 5.88 Å². The minimum atomic E-state index is 0.408. The lowest BCUT2D eigenvalue weighted by molar-refractivity contribution is 0.983. The van der Waals surface area contributed by atoms with Gasteiger partial charge in [-0.25, -0.2) is 9.97 Å². The van der Waals surface area contributed by atoms with Crippen LogP contribution >= 0.6 is 11.6 Å². The molecule has 3 nitrogen and oxygen atoms in total. The maximum Gasteiger partial charge on any atom is 0.140 e. The molecular formula is C15H18ClN3. The molecule has 0 amide bonds. The lowest BCUT2D eigenvalue weighted by atomic mass is 10.1. The first kappa shape index (κ1) is 13.8. The molecule has 1 heterocycles. The van der Waals surface area contributed by atoms with Crippen LogP contribution in [0.25, 0.3) is 0 Å². The number of aromatic nitrogens is 2. The second kappa shape index (κ2) is 5.57. The molecule has 2 rings (SSSR count). The van der Waals surface area contributed by atoms with E-state index in [9.17, 15) is 0 Å². The number of rotatable bonds is 3. The van der Waals surface area contributed by atoms with E-state index in [1.807, 2.05) is 14.0 Å². The van der Waals surface area contributed by atoms with Gasteiger partial charge in [0.2, 0.25) is 0 Å². The largest absolute Gasteiger partial charge is 0.329 e. The Balaban J connectivity index is 2.49. The molecule has 4 heteroatoms. The summed E-state index contributed by atoms with van der Waals surface area (Å²) in [6.45, 7) is 6.08. The summed E-state index contributed by atoms with van der Waals surface area (Å²) < 4.78 is 0. The summed E-state index contributed by atoms with van der Waals surface area (Å²) in [6, 6.07) is 6.38. The maximum atomic E-state index is 5.97. The van der Waals surface area contributed by atoms with Crippen molar-refractivity contribution in [2.45, 2.75) is 26.7 Å². The molecule has 1 aromatic heterocycles. The number of hydrogen-bond acceptors (Lipinski definition) is 3. The van der Waals surface area contributed by atoms with E-state index in [4.69, 9.17) is 11.6 Å². The van der Waals surface area contributed by atoms with Gasteiger partial charge >= 0.3 is 0 Å². The first-order valence-corrected chi connectivity index (χ1v) is 6.76. The Bertz CT molecular complexity index is 596. The van der Waals surface area contributed by atoms with E-state index in [1.54, 1.807) is 6.20 Å². The molecule has 0 bridgehead atoms. The van der Waals surface area contributed by atoms with Gasteiger partial charge in [0, 0.05) is 24.5 Å². The molecule has 0 fully saturated rings. The number of halogens is 1. The second-order valence-electron chi connectivity index (χ2n) is 4.75. The Hall–Kier alpha value is -1.61. The Morgan fingerprint density at radius 2 is 1.95 bits per heavy atom. The van der Waals surface area contributed by atoms with Gasteiger partial charge in [-0.15, -0.1) is 11.6 Å². The topological polar surface area (TPSA) is 29.0 Å². The van der Waals surface area contributed by atoms with Gasteiger partial charge in [-0.3, -0.25) is 0 Å². The molecule has 0 saturated carbocycles. The molecule has 0 radical (unpaired) electrons. The van der Waals surface area contributed by atoms with Crippen LogP contribution in [0.2, 0.25) is 0 Å². The Morgan fingerprint density at radius 3 is 2.58 bits per heavy atom. The van der Waals surface area contributed by atoms with Gasteiger partial charge in [0.25, 0.3) is 0 Å². The summed E-state index contributed by atoms with van der Waals surface area (Å²) in [7, 11) is 2.01. The summed E-state index contributed by atoms with van der Waals surface area (Å²) >= 11 is 5.97. The summed E-state index contributed by atoms with van der Waals surface area (Å²) in [4.78, 5) is 10.8. The molecule has 0 N–H and O–H groups in total. The number of anilines is 2. The van der Waals surface area contributed by atoms with Gasteiger partial charge in [-0.1, -0.05) is 17.7 Å². The van der Waals surface area contributed by atoms with Crippen molar-refractivity contribution in [2.24, 2.45) is 0 Å². The SMILES string of the molecule is Cc1ccc(N(C)c2nc(C)ncc2CCl)c(C)c1. The minimum Gasteiger partial charge on any atom is -0.329 e. The van der Waals surface area contributed by atoms with Crippen LogP contribution < -0.4 is 4.90 Å². The van der Waals surface area contributed by atoms with Crippen molar-refractivity contribution in [2.75, 3.05) is 11.9 Å². The van der Waals surface area contributed by atoms with Crippen LogP contribution in [-0.2, 0) is 5.88 Å². The molecule has 0 unspecified atom stereocenters. The van der Waals surface area contributed by atoms with Crippen molar-refractivity contribution in [1.82, 2.24) is 9.97 Å². The Kier molecular flexibility index (Phi) is 4.05. The van der Waals surface area contributed by atoms with Crippen LogP contribution in [-0.4, -0.2) is 17.0 Å². The summed E-state index contributed by atoms with van der Waals surface area (Å²) in [6.07, 6.45) is 1.80. The Labute approximate surface area is 119 Å². The van der Waals surface area contributed by atoms with Crippen LogP contribution in [0.4, 0.5) is 11.5 Å². The van der Waals surface area contributed by atoms with Gasteiger partial charge in [0.15, 0.2) is 0 Å². The van der Waals surface area contributed by atoms with Crippen molar-refractivity contribution in [1.29, 1.82) is 0 Å². The average Bonchev–Trinajstić information content (AvgIpc) is 2.38. The zero-order valence-electron chi connectivity index (χ0n) is 11.7. The van der Waals surface area contributed by atoms with Crippen molar-refractivity contribution in [3.05, 3.63) is 46.9 Å². The van der Waals surface area contributed by atoms with E-state index >= 15 is 0 Å². The van der Waals surface area contributed by atoms with Crippen LogP contribution in [0.3, 0.4) is 0 Å². The maximum absolute atomic E-state index is 5.97. The zero-order chi connectivity index (χ0) is 14.0. The smallest absolute Gasteiger partial charge is 0.140 e. The first-order chi connectivity index (χ1) is 9.02. The third-order valence-electron chi connectivity index (χ3n) is 3.14. The highest BCUT2D eigenvalue weighted by molar-refractivity contribution is 6.17. The fourth-order valence-electron chi connectivity index (χ4n) is 2.16. The van der Waals surface area contributed by atoms with E-state index in [2.05, 4.69) is 46.9 Å². The summed E-state index contributed by atoms with van der Waals surface area (Å²) in [5, 5.41) is 0. The van der Waals surface area contributed by atoms with Crippen LogP contribution in [0.1, 0.15) is 22.5 Å². The minimum absolute atomic E-state index is 0.408. The fourth-order valence-corrected chi connectivity index (χ4v) is 2.35. The third kappa shape index (κ3) is 2.87. The predicted octanol–water partition coefficient (Wildman–Crippen LogP) is 3.91. The molecule has 1 aromatic carbocycles. The van der Waals surface area contributed by atoms with Gasteiger partial charge in [0.05, 0.1) is 5.88 Å². The molecule has 100 valence electrons. The molecule has 0 aliphatic heterocycles. The van der Waals surface area contributed by atoms with Crippen molar-refractivity contribution < 1.29 is 0 Å². The Morgan fingerprint density at radius 1 is 1.21 bits per heavy atom. The highest BCUT2D eigenvalue weighted by atomic mass is 35.5. The third-order valence-corrected chi connectivity index (χ3v) is 3.43. The highest BCUT2D eigenvalue weighted by Gasteiger charge is 2.13. The lowest BCUT2D eigenvalue weighted by Crippen LogP contribution is -2.15. The molecule has 0 spiro atoms. The van der Waals surface area contributed by atoms with E-state index in [0.717, 1.165) is 22.9 Å². The monoisotopic (exact) mass is 275 g/mol. The van der Waals surface area contributed by atoms with Gasteiger partial charge < -0.3 is 4.90 Å². The highest BCUT2D eigenvalue weighted by Crippen LogP contribution is 2.28. The normalized spacial score (nSPS) is 10.6.